The van der Waals surface area contributed by atoms with E-state index in [1.165, 1.54) is 0 Å². The second-order valence-electron chi connectivity index (χ2n) is 4.55. The highest BCUT2D eigenvalue weighted by Crippen LogP contribution is 2.30. The molecule has 2 aromatic carbocycles. The van der Waals surface area contributed by atoms with Gasteiger partial charge in [-0.05, 0) is 52.7 Å². The van der Waals surface area contributed by atoms with Crippen LogP contribution < -0.4 is 5.73 Å². The highest BCUT2D eigenvalue weighted by Gasteiger charge is 2.14. The van der Waals surface area contributed by atoms with Crippen molar-refractivity contribution in [3.63, 3.8) is 0 Å². The lowest BCUT2D eigenvalue weighted by Gasteiger charge is -2.09. The monoisotopic (exact) mass is 326 g/mol. The number of aryl methyl sites for hydroxylation is 1. The SMILES string of the molecule is Cc1ccc(-n2c(N)nc3c(C#N)cccc32)c(Br)c1. The molecule has 0 radical (unpaired) electrons. The Morgan fingerprint density at radius 2 is 2.10 bits per heavy atom. The molecule has 0 spiro atoms. The van der Waals surface area contributed by atoms with E-state index in [1.54, 1.807) is 6.07 Å². The number of imidazole rings is 1. The summed E-state index contributed by atoms with van der Waals surface area (Å²) >= 11 is 3.55. The smallest absolute Gasteiger partial charge is 0.206 e. The van der Waals surface area contributed by atoms with Gasteiger partial charge < -0.3 is 5.73 Å². The van der Waals surface area contributed by atoms with E-state index in [4.69, 9.17) is 11.0 Å². The molecule has 1 heterocycles. The average Bonchev–Trinajstić information content (AvgIpc) is 2.75. The molecule has 2 N–H and O–H groups in total. The zero-order valence-electron chi connectivity index (χ0n) is 10.8. The Balaban J connectivity index is 2.37. The number of hydrogen-bond acceptors (Lipinski definition) is 3. The molecule has 3 rings (SSSR count). The molecule has 98 valence electrons. The number of para-hydroxylation sites is 1. The van der Waals surface area contributed by atoms with Crippen molar-refractivity contribution in [2.24, 2.45) is 0 Å². The average molecular weight is 327 g/mol. The van der Waals surface area contributed by atoms with Crippen LogP contribution in [-0.4, -0.2) is 9.55 Å². The third-order valence-corrected chi connectivity index (χ3v) is 3.81. The summed E-state index contributed by atoms with van der Waals surface area (Å²) in [5.41, 5.74) is 10.1. The number of benzene rings is 2. The highest BCUT2D eigenvalue weighted by atomic mass is 79.9. The first kappa shape index (κ1) is 12.7. The highest BCUT2D eigenvalue weighted by molar-refractivity contribution is 9.10. The third-order valence-electron chi connectivity index (χ3n) is 3.18. The number of aromatic nitrogens is 2. The van der Waals surface area contributed by atoms with Crippen LogP contribution >= 0.6 is 15.9 Å². The summed E-state index contributed by atoms with van der Waals surface area (Å²) in [6.07, 6.45) is 0. The van der Waals surface area contributed by atoms with Crippen molar-refractivity contribution in [2.75, 3.05) is 5.73 Å². The summed E-state index contributed by atoms with van der Waals surface area (Å²) in [5, 5.41) is 9.15. The number of hydrogen-bond donors (Lipinski definition) is 1. The normalized spacial score (nSPS) is 10.7. The van der Waals surface area contributed by atoms with E-state index in [9.17, 15) is 0 Å². The van der Waals surface area contributed by atoms with Crippen molar-refractivity contribution in [2.45, 2.75) is 6.92 Å². The molecule has 0 bridgehead atoms. The van der Waals surface area contributed by atoms with Crippen LogP contribution in [0.3, 0.4) is 0 Å². The van der Waals surface area contributed by atoms with Crippen LogP contribution in [0.2, 0.25) is 0 Å². The van der Waals surface area contributed by atoms with Crippen LogP contribution in [0.15, 0.2) is 40.9 Å². The van der Waals surface area contributed by atoms with Crippen LogP contribution in [0.1, 0.15) is 11.1 Å². The topological polar surface area (TPSA) is 67.6 Å². The predicted molar refractivity (Wildman–Crippen MR) is 82.6 cm³/mol. The molecule has 0 aliphatic carbocycles. The zero-order chi connectivity index (χ0) is 14.3. The standard InChI is InChI=1S/C15H11BrN4/c1-9-5-6-12(11(16)7-9)20-13-4-2-3-10(8-17)14(13)19-15(20)18/h2-7H,1H3,(H2,18,19). The number of nitriles is 1. The van der Waals surface area contributed by atoms with E-state index in [1.807, 2.05) is 41.8 Å². The number of anilines is 1. The number of halogens is 1. The van der Waals surface area contributed by atoms with Crippen molar-refractivity contribution < 1.29 is 0 Å². The summed E-state index contributed by atoms with van der Waals surface area (Å²) < 4.78 is 2.78. The predicted octanol–water partition coefficient (Wildman–Crippen LogP) is 3.55. The second-order valence-corrected chi connectivity index (χ2v) is 5.40. The lowest BCUT2D eigenvalue weighted by atomic mass is 10.2. The summed E-state index contributed by atoms with van der Waals surface area (Å²) in [4.78, 5) is 4.32. The number of nitrogens with two attached hydrogens (primary N) is 1. The molecule has 0 atom stereocenters. The van der Waals surface area contributed by atoms with Gasteiger partial charge in [0.25, 0.3) is 0 Å². The molecule has 4 nitrogen and oxygen atoms in total. The molecule has 0 saturated carbocycles. The number of rotatable bonds is 1. The van der Waals surface area contributed by atoms with Gasteiger partial charge in [-0.3, -0.25) is 4.57 Å². The van der Waals surface area contributed by atoms with Gasteiger partial charge in [0.1, 0.15) is 11.6 Å². The van der Waals surface area contributed by atoms with Crippen molar-refractivity contribution in [1.82, 2.24) is 9.55 Å². The summed E-state index contributed by atoms with van der Waals surface area (Å²) in [7, 11) is 0. The van der Waals surface area contributed by atoms with Crippen LogP contribution in [0.4, 0.5) is 5.95 Å². The van der Waals surface area contributed by atoms with Gasteiger partial charge in [-0.15, -0.1) is 0 Å². The minimum Gasteiger partial charge on any atom is -0.369 e. The van der Waals surface area contributed by atoms with Gasteiger partial charge in [0, 0.05) is 4.47 Å². The van der Waals surface area contributed by atoms with Gasteiger partial charge >= 0.3 is 0 Å². The van der Waals surface area contributed by atoms with E-state index in [-0.39, 0.29) is 0 Å². The maximum atomic E-state index is 9.15. The van der Waals surface area contributed by atoms with E-state index in [2.05, 4.69) is 27.0 Å². The Morgan fingerprint density at radius 3 is 2.80 bits per heavy atom. The summed E-state index contributed by atoms with van der Waals surface area (Å²) in [5.74, 6) is 0.368. The molecule has 0 saturated heterocycles. The molecule has 5 heteroatoms. The van der Waals surface area contributed by atoms with E-state index >= 15 is 0 Å². The second kappa shape index (κ2) is 4.66. The first-order chi connectivity index (χ1) is 9.61. The van der Waals surface area contributed by atoms with E-state index in [0.717, 1.165) is 21.2 Å². The Labute approximate surface area is 124 Å². The Hall–Kier alpha value is -2.32. The van der Waals surface area contributed by atoms with Crippen LogP contribution in [-0.2, 0) is 0 Å². The fourth-order valence-corrected chi connectivity index (χ4v) is 2.92. The maximum Gasteiger partial charge on any atom is 0.206 e. The first-order valence-electron chi connectivity index (χ1n) is 6.05. The van der Waals surface area contributed by atoms with Crippen molar-refractivity contribution >= 4 is 32.9 Å². The van der Waals surface area contributed by atoms with Crippen LogP contribution in [0.25, 0.3) is 16.7 Å². The van der Waals surface area contributed by atoms with Crippen molar-refractivity contribution in [3.05, 3.63) is 52.0 Å². The molecule has 0 fully saturated rings. The molecular weight excluding hydrogens is 316 g/mol. The molecule has 0 unspecified atom stereocenters. The Morgan fingerprint density at radius 1 is 1.30 bits per heavy atom. The van der Waals surface area contributed by atoms with Crippen molar-refractivity contribution in [3.8, 4) is 11.8 Å². The molecular formula is C15H11BrN4. The molecule has 20 heavy (non-hydrogen) atoms. The number of fused-ring (bicyclic) bond motifs is 1. The van der Waals surface area contributed by atoms with Gasteiger partial charge in [-0.25, -0.2) is 4.98 Å². The molecule has 0 amide bonds. The van der Waals surface area contributed by atoms with Crippen molar-refractivity contribution in [1.29, 1.82) is 5.26 Å². The van der Waals surface area contributed by atoms with Gasteiger partial charge in [0.2, 0.25) is 5.95 Å². The first-order valence-corrected chi connectivity index (χ1v) is 6.84. The minimum absolute atomic E-state index is 0.368. The van der Waals surface area contributed by atoms with Crippen LogP contribution in [0.5, 0.6) is 0 Å². The quantitative estimate of drug-likeness (QED) is 0.743. The lowest BCUT2D eigenvalue weighted by molar-refractivity contribution is 1.10. The minimum atomic E-state index is 0.368. The van der Waals surface area contributed by atoms with Crippen LogP contribution in [0, 0.1) is 18.3 Å². The van der Waals surface area contributed by atoms with E-state index in [0.29, 0.717) is 17.0 Å². The Kier molecular flexibility index (Phi) is 2.96. The Bertz CT molecular complexity index is 858. The maximum absolute atomic E-state index is 9.15. The van der Waals surface area contributed by atoms with E-state index < -0.39 is 0 Å². The molecule has 0 aliphatic rings. The van der Waals surface area contributed by atoms with Gasteiger partial charge in [0.05, 0.1) is 16.8 Å². The molecule has 0 aliphatic heterocycles. The number of nitrogens with zero attached hydrogens (tertiary/aromatic N) is 3. The third kappa shape index (κ3) is 1.86. The zero-order valence-corrected chi connectivity index (χ0v) is 12.3. The fourth-order valence-electron chi connectivity index (χ4n) is 2.25. The van der Waals surface area contributed by atoms with Gasteiger partial charge in [-0.1, -0.05) is 12.1 Å². The fraction of sp³-hybridized carbons (Fsp3) is 0.0667. The summed E-state index contributed by atoms with van der Waals surface area (Å²) in [6, 6.07) is 13.6. The summed E-state index contributed by atoms with van der Waals surface area (Å²) in [6.45, 7) is 2.03. The van der Waals surface area contributed by atoms with Gasteiger partial charge in [-0.2, -0.15) is 5.26 Å². The molecule has 3 aromatic rings. The largest absolute Gasteiger partial charge is 0.369 e. The molecule has 1 aromatic heterocycles. The lowest BCUT2D eigenvalue weighted by Crippen LogP contribution is -2.01. The number of nitrogen functional groups attached to an aromatic ring is 1. The van der Waals surface area contributed by atoms with Gasteiger partial charge in [0.15, 0.2) is 0 Å².